The fourth-order valence-electron chi connectivity index (χ4n) is 5.38. The van der Waals surface area contributed by atoms with Gasteiger partial charge in [0.05, 0.1) is 38.1 Å². The second-order valence-corrected chi connectivity index (χ2v) is 11.2. The minimum Gasteiger partial charge on any atom is -0.477 e. The van der Waals surface area contributed by atoms with E-state index in [-0.39, 0.29) is 12.2 Å². The number of ketones is 1. The van der Waals surface area contributed by atoms with E-state index >= 15 is 0 Å². The van der Waals surface area contributed by atoms with Crippen molar-refractivity contribution in [3.8, 4) is 0 Å². The van der Waals surface area contributed by atoms with Crippen molar-refractivity contribution < 1.29 is 89.4 Å². The molecule has 16 atom stereocenters. The number of ether oxygens (including phenoxy) is 5. The summed E-state index contributed by atoms with van der Waals surface area (Å²) < 4.78 is 27.5. The lowest BCUT2D eigenvalue weighted by molar-refractivity contribution is -0.358. The summed E-state index contributed by atoms with van der Waals surface area (Å²) in [5.74, 6) is -5.73. The highest BCUT2D eigenvalue weighted by Crippen LogP contribution is 2.37. The first-order valence-electron chi connectivity index (χ1n) is 13.8. The SMILES string of the molecule is CC(=O)C[C@@H]1OC(CO)[C@@H](O[C@@H]2OC(CO[C@]3(C(=O)O)C[C@@H](O)[C@@H](C)C([C@H](O)[C@H](O)CO)O3)[C@H](O)[C@H](O)C2O)[C@H](O)C1O. The highest BCUT2D eigenvalue weighted by Gasteiger charge is 2.56. The number of carbonyl (C=O) groups excluding carboxylic acids is 1. The Bertz CT molecular complexity index is 936. The van der Waals surface area contributed by atoms with Gasteiger partial charge in [0, 0.05) is 18.8 Å². The van der Waals surface area contributed by atoms with Crippen molar-refractivity contribution in [3.63, 3.8) is 0 Å². The van der Waals surface area contributed by atoms with E-state index in [1.54, 1.807) is 0 Å². The van der Waals surface area contributed by atoms with Crippen LogP contribution in [0.4, 0.5) is 0 Å². The summed E-state index contributed by atoms with van der Waals surface area (Å²) in [6, 6.07) is 0. The number of rotatable bonds is 12. The molecule has 3 aliphatic heterocycles. The van der Waals surface area contributed by atoms with E-state index in [1.807, 2.05) is 0 Å². The minimum atomic E-state index is -2.67. The molecule has 0 saturated carbocycles. The Kier molecular flexibility index (Phi) is 12.4. The highest BCUT2D eigenvalue weighted by atomic mass is 16.8. The number of carbonyl (C=O) groups is 2. The molecule has 5 unspecified atom stereocenters. The van der Waals surface area contributed by atoms with E-state index in [4.69, 9.17) is 23.7 Å². The van der Waals surface area contributed by atoms with Crippen LogP contribution in [0.1, 0.15) is 26.7 Å². The summed E-state index contributed by atoms with van der Waals surface area (Å²) in [6.07, 6.45) is -24.4. The van der Waals surface area contributed by atoms with Gasteiger partial charge in [0.1, 0.15) is 66.8 Å². The van der Waals surface area contributed by atoms with Crippen molar-refractivity contribution in [1.82, 2.24) is 0 Å². The van der Waals surface area contributed by atoms with Crippen molar-refractivity contribution in [2.75, 3.05) is 19.8 Å². The number of carboxylic acids is 1. The van der Waals surface area contributed by atoms with Gasteiger partial charge in [-0.25, -0.2) is 4.79 Å². The molecule has 3 aliphatic rings. The molecule has 3 fully saturated rings. The van der Waals surface area contributed by atoms with Gasteiger partial charge in [-0.3, -0.25) is 4.79 Å². The lowest BCUT2D eigenvalue weighted by atomic mass is 9.84. The Balaban J connectivity index is 1.77. The second kappa shape index (κ2) is 14.8. The lowest BCUT2D eigenvalue weighted by Crippen LogP contribution is -2.65. The van der Waals surface area contributed by atoms with E-state index in [2.05, 4.69) is 0 Å². The molecule has 43 heavy (non-hydrogen) atoms. The van der Waals surface area contributed by atoms with Crippen LogP contribution in [0, 0.1) is 5.92 Å². The van der Waals surface area contributed by atoms with E-state index in [1.165, 1.54) is 13.8 Å². The maximum absolute atomic E-state index is 12.3. The van der Waals surface area contributed by atoms with E-state index in [0.717, 1.165) is 0 Å². The number of carboxylic acid groups (broad SMARTS) is 1. The molecule has 0 aromatic rings. The summed E-state index contributed by atoms with van der Waals surface area (Å²) in [7, 11) is 0. The molecular formula is C25H42O18. The van der Waals surface area contributed by atoms with Crippen molar-refractivity contribution in [2.24, 2.45) is 5.92 Å². The van der Waals surface area contributed by atoms with Crippen molar-refractivity contribution in [1.29, 1.82) is 0 Å². The van der Waals surface area contributed by atoms with Gasteiger partial charge < -0.3 is 79.9 Å². The summed E-state index contributed by atoms with van der Waals surface area (Å²) in [6.45, 7) is 0.0980. The first kappa shape index (κ1) is 36.0. The van der Waals surface area contributed by atoms with Crippen LogP contribution in [0.25, 0.3) is 0 Å². The molecule has 0 aromatic carbocycles. The molecule has 0 aromatic heterocycles. The van der Waals surface area contributed by atoms with Crippen LogP contribution >= 0.6 is 0 Å². The zero-order valence-electron chi connectivity index (χ0n) is 23.5. The first-order valence-corrected chi connectivity index (χ1v) is 13.8. The van der Waals surface area contributed by atoms with Crippen LogP contribution < -0.4 is 0 Å². The van der Waals surface area contributed by atoms with Gasteiger partial charge in [-0.2, -0.15) is 0 Å². The molecule has 18 heteroatoms. The molecule has 250 valence electrons. The van der Waals surface area contributed by atoms with Gasteiger partial charge >= 0.3 is 5.97 Å². The zero-order chi connectivity index (χ0) is 32.4. The van der Waals surface area contributed by atoms with Gasteiger partial charge in [0.15, 0.2) is 6.29 Å². The van der Waals surface area contributed by atoms with Gasteiger partial charge in [-0.05, 0) is 6.92 Å². The Morgan fingerprint density at radius 3 is 2.09 bits per heavy atom. The van der Waals surface area contributed by atoms with Crippen molar-refractivity contribution in [3.05, 3.63) is 0 Å². The highest BCUT2D eigenvalue weighted by molar-refractivity contribution is 5.76. The molecule has 18 nitrogen and oxygen atoms in total. The van der Waals surface area contributed by atoms with Crippen LogP contribution in [-0.2, 0) is 33.3 Å². The molecular weight excluding hydrogens is 588 g/mol. The number of aliphatic hydroxyl groups is 10. The topological polar surface area (TPSA) is 303 Å². The predicted octanol–water partition coefficient (Wildman–Crippen LogP) is -6.06. The first-order chi connectivity index (χ1) is 20.1. The summed E-state index contributed by atoms with van der Waals surface area (Å²) in [5.41, 5.74) is 0. The Morgan fingerprint density at radius 2 is 1.53 bits per heavy atom. The molecule has 0 radical (unpaired) electrons. The van der Waals surface area contributed by atoms with Gasteiger partial charge in [0.2, 0.25) is 0 Å². The number of hydrogen-bond donors (Lipinski definition) is 11. The van der Waals surface area contributed by atoms with E-state index in [0.29, 0.717) is 0 Å². The van der Waals surface area contributed by atoms with Crippen molar-refractivity contribution >= 4 is 11.8 Å². The lowest BCUT2D eigenvalue weighted by Gasteiger charge is -2.47. The van der Waals surface area contributed by atoms with E-state index < -0.39 is 130 Å². The molecule has 0 spiro atoms. The average molecular weight is 631 g/mol. The Hall–Kier alpha value is -1.46. The second-order valence-electron chi connectivity index (χ2n) is 11.2. The van der Waals surface area contributed by atoms with Crippen LogP contribution in [0.3, 0.4) is 0 Å². The van der Waals surface area contributed by atoms with Crippen LogP contribution in [0.5, 0.6) is 0 Å². The minimum absolute atomic E-state index is 0.286. The molecule has 3 heterocycles. The van der Waals surface area contributed by atoms with Gasteiger partial charge in [-0.15, -0.1) is 0 Å². The van der Waals surface area contributed by atoms with Crippen LogP contribution in [0.2, 0.25) is 0 Å². The number of Topliss-reactive ketones (excluding diaryl/α,β-unsaturated/α-hetero) is 1. The summed E-state index contributed by atoms with van der Waals surface area (Å²) >= 11 is 0. The molecule has 11 N–H and O–H groups in total. The maximum atomic E-state index is 12.3. The Labute approximate surface area is 245 Å². The third-order valence-electron chi connectivity index (χ3n) is 8.07. The largest absolute Gasteiger partial charge is 0.477 e. The monoisotopic (exact) mass is 630 g/mol. The van der Waals surface area contributed by atoms with Crippen molar-refractivity contribution in [2.45, 2.75) is 118 Å². The summed E-state index contributed by atoms with van der Waals surface area (Å²) in [5, 5.41) is 112. The van der Waals surface area contributed by atoms with E-state index in [9.17, 15) is 65.8 Å². The Morgan fingerprint density at radius 1 is 0.907 bits per heavy atom. The van der Waals surface area contributed by atoms with Crippen LogP contribution in [0.15, 0.2) is 0 Å². The smallest absolute Gasteiger partial charge is 0.364 e. The predicted molar refractivity (Wildman–Crippen MR) is 135 cm³/mol. The molecule has 3 saturated heterocycles. The molecule has 3 rings (SSSR count). The standard InChI is InChI=1S/C25H42O18/c1-8(28)3-12-16(32)19(35)22(13(6-27)40-12)42-23-20(36)18(34)17(33)14(41-23)7-39-25(24(37)38)4-10(29)9(2)21(43-25)15(31)11(30)5-26/h9-23,26-27,29-36H,3-7H2,1-2H3,(H,37,38)/t9-,10-,11-,12+,13?,14?,15-,16?,17+,18+,19-,20?,21?,22-,23+,25-/m1/s1. The molecule has 0 amide bonds. The molecule has 0 aliphatic carbocycles. The number of aliphatic hydroxyl groups excluding tert-OH is 10. The number of hydrogen-bond acceptors (Lipinski definition) is 17. The number of aliphatic carboxylic acids is 1. The van der Waals surface area contributed by atoms with Crippen LogP contribution in [-0.4, -0.2) is 179 Å². The molecule has 0 bridgehead atoms. The van der Waals surface area contributed by atoms with Gasteiger partial charge in [0.25, 0.3) is 5.79 Å². The van der Waals surface area contributed by atoms with Gasteiger partial charge in [-0.1, -0.05) is 6.92 Å². The quantitative estimate of drug-likeness (QED) is 0.0956. The third-order valence-corrected chi connectivity index (χ3v) is 8.07. The summed E-state index contributed by atoms with van der Waals surface area (Å²) in [4.78, 5) is 23.8. The fraction of sp³-hybridized carbons (Fsp3) is 0.920. The third kappa shape index (κ3) is 7.68. The fourth-order valence-corrected chi connectivity index (χ4v) is 5.38. The average Bonchev–Trinajstić information content (AvgIpc) is 2.96. The zero-order valence-corrected chi connectivity index (χ0v) is 23.5. The maximum Gasteiger partial charge on any atom is 0.364 e. The normalized spacial score (nSPS) is 45.3.